The first-order valence-electron chi connectivity index (χ1n) is 5.15. The molecule has 0 aliphatic heterocycles. The monoisotopic (exact) mass is 203 g/mol. The molecule has 0 radical (unpaired) electrons. The lowest BCUT2D eigenvalue weighted by Crippen LogP contribution is -2.32. The summed E-state index contributed by atoms with van der Waals surface area (Å²) < 4.78 is 0. The molecule has 0 saturated heterocycles. The zero-order valence-electron chi connectivity index (χ0n) is 9.23. The molecule has 0 heterocycles. The maximum atomic E-state index is 10.9. The number of hydrogen-bond donors (Lipinski definition) is 1. The average molecular weight is 203 g/mol. The van der Waals surface area contributed by atoms with E-state index in [1.807, 2.05) is 49.4 Å². The molecule has 1 unspecified atom stereocenters. The zero-order chi connectivity index (χ0) is 11.1. The molecule has 1 N–H and O–H groups in total. The van der Waals surface area contributed by atoms with E-state index >= 15 is 0 Å². The summed E-state index contributed by atoms with van der Waals surface area (Å²) >= 11 is 0. The fourth-order valence-corrected chi connectivity index (χ4v) is 1.15. The first-order valence-corrected chi connectivity index (χ1v) is 5.15. The summed E-state index contributed by atoms with van der Waals surface area (Å²) in [6.07, 6.45) is 4.06. The molecule has 0 fully saturated rings. The van der Waals surface area contributed by atoms with Crippen LogP contribution in [0.1, 0.15) is 19.4 Å². The lowest BCUT2D eigenvalue weighted by Gasteiger charge is -2.06. The molecule has 0 amide bonds. The quantitative estimate of drug-likeness (QED) is 0.795. The third-order valence-electron chi connectivity index (χ3n) is 2.26. The fourth-order valence-electron chi connectivity index (χ4n) is 1.15. The third kappa shape index (κ3) is 4.56. The van der Waals surface area contributed by atoms with Crippen molar-refractivity contribution in [1.82, 2.24) is 5.32 Å². The molecule has 1 rings (SSSR count). The number of rotatable bonds is 5. The number of benzene rings is 1. The van der Waals surface area contributed by atoms with Crippen LogP contribution < -0.4 is 5.32 Å². The summed E-state index contributed by atoms with van der Waals surface area (Å²) in [7, 11) is 0. The van der Waals surface area contributed by atoms with Gasteiger partial charge in [-0.25, -0.2) is 0 Å². The Morgan fingerprint density at radius 1 is 1.40 bits per heavy atom. The van der Waals surface area contributed by atoms with Crippen molar-refractivity contribution in [2.75, 3.05) is 6.54 Å². The van der Waals surface area contributed by atoms with Gasteiger partial charge < -0.3 is 5.32 Å². The van der Waals surface area contributed by atoms with Crippen LogP contribution in [0.5, 0.6) is 0 Å². The van der Waals surface area contributed by atoms with Gasteiger partial charge in [-0.15, -0.1) is 0 Å². The molecule has 1 atom stereocenters. The Morgan fingerprint density at radius 2 is 2.07 bits per heavy atom. The van der Waals surface area contributed by atoms with Crippen molar-refractivity contribution in [2.45, 2.75) is 19.9 Å². The number of Topliss-reactive ketones (excluding diaryl/α,β-unsaturated/α-hetero) is 1. The molecule has 1 aromatic rings. The van der Waals surface area contributed by atoms with Crippen LogP contribution in [0.4, 0.5) is 0 Å². The van der Waals surface area contributed by atoms with Crippen LogP contribution in [0, 0.1) is 0 Å². The van der Waals surface area contributed by atoms with E-state index in [0.717, 1.165) is 6.54 Å². The molecular formula is C13H17NO. The van der Waals surface area contributed by atoms with E-state index < -0.39 is 0 Å². The van der Waals surface area contributed by atoms with Crippen LogP contribution >= 0.6 is 0 Å². The Balaban J connectivity index is 2.32. The first kappa shape index (κ1) is 11.7. The van der Waals surface area contributed by atoms with Crippen molar-refractivity contribution in [3.63, 3.8) is 0 Å². The average Bonchev–Trinajstić information content (AvgIpc) is 2.25. The van der Waals surface area contributed by atoms with Gasteiger partial charge in [0.25, 0.3) is 0 Å². The molecule has 0 aliphatic carbocycles. The van der Waals surface area contributed by atoms with Crippen molar-refractivity contribution < 1.29 is 4.79 Å². The van der Waals surface area contributed by atoms with E-state index in [0.29, 0.717) is 0 Å². The van der Waals surface area contributed by atoms with Crippen LogP contribution in [-0.2, 0) is 4.79 Å². The molecule has 0 spiro atoms. The van der Waals surface area contributed by atoms with Gasteiger partial charge in [0.15, 0.2) is 0 Å². The van der Waals surface area contributed by atoms with Crippen LogP contribution in [0.2, 0.25) is 0 Å². The summed E-state index contributed by atoms with van der Waals surface area (Å²) in [5.41, 5.74) is 1.18. The summed E-state index contributed by atoms with van der Waals surface area (Å²) in [6, 6.07) is 10.0. The lowest BCUT2D eigenvalue weighted by atomic mass is 10.2. The normalized spacial score (nSPS) is 12.9. The molecular weight excluding hydrogens is 186 g/mol. The second kappa shape index (κ2) is 6.14. The molecule has 0 saturated carbocycles. The van der Waals surface area contributed by atoms with E-state index in [-0.39, 0.29) is 11.8 Å². The van der Waals surface area contributed by atoms with E-state index in [2.05, 4.69) is 5.32 Å². The van der Waals surface area contributed by atoms with E-state index in [1.54, 1.807) is 6.92 Å². The zero-order valence-corrected chi connectivity index (χ0v) is 9.23. The van der Waals surface area contributed by atoms with E-state index in [9.17, 15) is 4.79 Å². The van der Waals surface area contributed by atoms with Crippen molar-refractivity contribution >= 4 is 11.9 Å². The highest BCUT2D eigenvalue weighted by Crippen LogP contribution is 2.00. The van der Waals surface area contributed by atoms with Gasteiger partial charge in [-0.3, -0.25) is 4.79 Å². The molecule has 15 heavy (non-hydrogen) atoms. The van der Waals surface area contributed by atoms with E-state index in [4.69, 9.17) is 0 Å². The van der Waals surface area contributed by atoms with Gasteiger partial charge in [-0.1, -0.05) is 42.5 Å². The maximum absolute atomic E-state index is 10.9. The summed E-state index contributed by atoms with van der Waals surface area (Å²) in [5.74, 6) is 0.170. The second-order valence-corrected chi connectivity index (χ2v) is 3.55. The SMILES string of the molecule is CC(=O)C(C)NC/C=C/c1ccccc1. The third-order valence-corrected chi connectivity index (χ3v) is 2.26. The fraction of sp³-hybridized carbons (Fsp3) is 0.308. The van der Waals surface area contributed by atoms with Gasteiger partial charge in [0.05, 0.1) is 6.04 Å². The highest BCUT2D eigenvalue weighted by Gasteiger charge is 2.03. The van der Waals surface area contributed by atoms with Crippen molar-refractivity contribution in [1.29, 1.82) is 0 Å². The molecule has 80 valence electrons. The molecule has 0 aromatic heterocycles. The molecule has 2 nitrogen and oxygen atoms in total. The smallest absolute Gasteiger partial charge is 0.146 e. The predicted molar refractivity (Wildman–Crippen MR) is 63.6 cm³/mol. The predicted octanol–water partition coefficient (Wildman–Crippen LogP) is 2.27. The highest BCUT2D eigenvalue weighted by molar-refractivity contribution is 5.80. The summed E-state index contributed by atoms with van der Waals surface area (Å²) in [4.78, 5) is 10.9. The summed E-state index contributed by atoms with van der Waals surface area (Å²) in [6.45, 7) is 4.19. The van der Waals surface area contributed by atoms with Gasteiger partial charge in [0.2, 0.25) is 0 Å². The van der Waals surface area contributed by atoms with Gasteiger partial charge in [0, 0.05) is 6.54 Å². The minimum atomic E-state index is -0.0644. The first-order chi connectivity index (χ1) is 7.20. The lowest BCUT2D eigenvalue weighted by molar-refractivity contribution is -0.118. The van der Waals surface area contributed by atoms with Crippen LogP contribution in [-0.4, -0.2) is 18.4 Å². The number of carbonyl (C=O) groups excluding carboxylic acids is 1. The molecule has 1 aromatic carbocycles. The minimum absolute atomic E-state index is 0.0644. The van der Waals surface area contributed by atoms with Crippen LogP contribution in [0.3, 0.4) is 0 Å². The molecule has 0 aliphatic rings. The second-order valence-electron chi connectivity index (χ2n) is 3.55. The Morgan fingerprint density at radius 3 is 2.67 bits per heavy atom. The van der Waals surface area contributed by atoms with Gasteiger partial charge in [-0.05, 0) is 19.4 Å². The van der Waals surface area contributed by atoms with Crippen molar-refractivity contribution in [3.05, 3.63) is 42.0 Å². The highest BCUT2D eigenvalue weighted by atomic mass is 16.1. The Labute approximate surface area is 91.0 Å². The Bertz CT molecular complexity index is 330. The van der Waals surface area contributed by atoms with Crippen LogP contribution in [0.25, 0.3) is 6.08 Å². The summed E-state index contributed by atoms with van der Waals surface area (Å²) in [5, 5.41) is 3.12. The van der Waals surface area contributed by atoms with Gasteiger partial charge >= 0.3 is 0 Å². The topological polar surface area (TPSA) is 29.1 Å². The molecule has 2 heteroatoms. The van der Waals surface area contributed by atoms with Crippen molar-refractivity contribution in [3.8, 4) is 0 Å². The number of ketones is 1. The van der Waals surface area contributed by atoms with E-state index in [1.165, 1.54) is 5.56 Å². The Kier molecular flexibility index (Phi) is 4.78. The van der Waals surface area contributed by atoms with Gasteiger partial charge in [-0.2, -0.15) is 0 Å². The number of hydrogen-bond acceptors (Lipinski definition) is 2. The Hall–Kier alpha value is -1.41. The van der Waals surface area contributed by atoms with Gasteiger partial charge in [0.1, 0.15) is 5.78 Å². The number of carbonyl (C=O) groups is 1. The maximum Gasteiger partial charge on any atom is 0.146 e. The molecule has 0 bridgehead atoms. The van der Waals surface area contributed by atoms with Crippen LogP contribution in [0.15, 0.2) is 36.4 Å². The largest absolute Gasteiger partial charge is 0.304 e. The minimum Gasteiger partial charge on any atom is -0.304 e. The standard InChI is InChI=1S/C13H17NO/c1-11(12(2)15)14-10-6-9-13-7-4-3-5-8-13/h3-9,11,14H,10H2,1-2H3/b9-6+. The van der Waals surface area contributed by atoms with Crippen molar-refractivity contribution in [2.24, 2.45) is 0 Å². The number of nitrogens with one attached hydrogen (secondary N) is 1.